The summed E-state index contributed by atoms with van der Waals surface area (Å²) in [5, 5.41) is 22.7. The number of likely N-dealkylation sites (tertiary alicyclic amines) is 1. The van der Waals surface area contributed by atoms with Crippen LogP contribution in [0.3, 0.4) is 0 Å². The predicted octanol–water partition coefficient (Wildman–Crippen LogP) is 1.52. The summed E-state index contributed by atoms with van der Waals surface area (Å²) in [6.45, 7) is 6.07. The van der Waals surface area contributed by atoms with Gasteiger partial charge < -0.3 is 35.1 Å². The highest BCUT2D eigenvalue weighted by molar-refractivity contribution is 5.82. The van der Waals surface area contributed by atoms with Gasteiger partial charge in [-0.05, 0) is 63.4 Å². The summed E-state index contributed by atoms with van der Waals surface area (Å²) in [4.78, 5) is 27.4. The summed E-state index contributed by atoms with van der Waals surface area (Å²) >= 11 is 0. The molecule has 2 bridgehead atoms. The molecular formula is C26H34N2O7. The quantitative estimate of drug-likeness (QED) is 0.512. The number of hydrogen-bond donors (Lipinski definition) is 3. The standard InChI is InChI=1S/C26H34N2O7/c1-13(2)11-16(27)24(31)33-14(3)23(30)34-18-7-8-26(32)19-12-15-5-6-17(29)21-20(15)25(26,22(18)35-21)9-10-28(19)4/h5-7,13-14,16,19,22,29,32H,8-12,27H2,1-4H3/t14-,16-,19+,22-,25-,26+/m0/s1. The lowest BCUT2D eigenvalue weighted by atomic mass is 9.50. The molecule has 0 aromatic heterocycles. The van der Waals surface area contributed by atoms with Gasteiger partial charge >= 0.3 is 11.9 Å². The van der Waals surface area contributed by atoms with Crippen molar-refractivity contribution in [1.82, 2.24) is 4.90 Å². The number of nitrogens with zero attached hydrogens (tertiary/aromatic N) is 1. The number of carbonyl (C=O) groups is 2. The van der Waals surface area contributed by atoms with Gasteiger partial charge in [0.05, 0.1) is 11.0 Å². The van der Waals surface area contributed by atoms with Crippen molar-refractivity contribution in [2.24, 2.45) is 11.7 Å². The molecule has 1 aromatic carbocycles. The van der Waals surface area contributed by atoms with Crippen molar-refractivity contribution in [2.75, 3.05) is 13.6 Å². The summed E-state index contributed by atoms with van der Waals surface area (Å²) < 4.78 is 17.3. The molecule has 35 heavy (non-hydrogen) atoms. The van der Waals surface area contributed by atoms with E-state index in [4.69, 9.17) is 19.9 Å². The molecule has 0 amide bonds. The zero-order valence-corrected chi connectivity index (χ0v) is 20.6. The predicted molar refractivity (Wildman–Crippen MR) is 126 cm³/mol. The summed E-state index contributed by atoms with van der Waals surface area (Å²) in [5.74, 6) is -0.579. The minimum absolute atomic E-state index is 0.000585. The second-order valence-electron chi connectivity index (χ2n) is 10.8. The molecule has 5 rings (SSSR count). The Morgan fingerprint density at radius 3 is 2.74 bits per heavy atom. The van der Waals surface area contributed by atoms with Gasteiger partial charge in [-0.3, -0.25) is 4.79 Å². The second-order valence-corrected chi connectivity index (χ2v) is 10.8. The van der Waals surface area contributed by atoms with Crippen LogP contribution in [-0.4, -0.2) is 70.5 Å². The van der Waals surface area contributed by atoms with Crippen molar-refractivity contribution in [3.05, 3.63) is 35.1 Å². The number of aromatic hydroxyl groups is 1. The third-order valence-electron chi connectivity index (χ3n) is 8.22. The number of benzene rings is 1. The van der Waals surface area contributed by atoms with Crippen LogP contribution >= 0.6 is 0 Å². The van der Waals surface area contributed by atoms with Crippen molar-refractivity contribution in [3.8, 4) is 11.5 Å². The summed E-state index contributed by atoms with van der Waals surface area (Å²) in [6, 6.07) is 2.54. The second kappa shape index (κ2) is 8.21. The molecule has 2 aliphatic heterocycles. The Labute approximate surface area is 204 Å². The van der Waals surface area contributed by atoms with Crippen LogP contribution in [-0.2, 0) is 30.9 Å². The molecule has 6 atom stereocenters. The number of nitrogens with two attached hydrogens (primary N) is 1. The smallest absolute Gasteiger partial charge is 0.352 e. The maximum absolute atomic E-state index is 12.9. The van der Waals surface area contributed by atoms with E-state index in [0.29, 0.717) is 25.0 Å². The van der Waals surface area contributed by atoms with Crippen LogP contribution in [0, 0.1) is 5.92 Å². The monoisotopic (exact) mass is 486 g/mol. The van der Waals surface area contributed by atoms with E-state index in [9.17, 15) is 19.8 Å². The molecule has 0 radical (unpaired) electrons. The SMILES string of the molecule is CC(C)C[C@H](N)C(=O)O[C@@H](C)C(=O)OC1=CC[C@@]2(O)[C@H]3Cc4ccc(O)c5c4[C@@]2(CCN3C)[C@H]1O5. The third-order valence-corrected chi connectivity index (χ3v) is 8.22. The van der Waals surface area contributed by atoms with E-state index in [1.165, 1.54) is 6.92 Å². The Hall–Kier alpha value is -2.62. The fraction of sp³-hybridized carbons (Fsp3) is 0.615. The third kappa shape index (κ3) is 3.39. The molecule has 190 valence electrons. The van der Waals surface area contributed by atoms with Gasteiger partial charge in [0.25, 0.3) is 0 Å². The average molecular weight is 487 g/mol. The zero-order chi connectivity index (χ0) is 25.3. The molecule has 9 nitrogen and oxygen atoms in total. The fourth-order valence-corrected chi connectivity index (χ4v) is 6.55. The molecule has 1 aromatic rings. The number of likely N-dealkylation sites (N-methyl/N-ethyl adjacent to an activating group) is 1. The highest BCUT2D eigenvalue weighted by Crippen LogP contribution is 2.65. The normalized spacial score (nSPS) is 32.3. The molecule has 1 saturated heterocycles. The van der Waals surface area contributed by atoms with Crippen molar-refractivity contribution < 1.29 is 34.0 Å². The first-order valence-electron chi connectivity index (χ1n) is 12.3. The highest BCUT2D eigenvalue weighted by atomic mass is 16.6. The van der Waals surface area contributed by atoms with Crippen LogP contribution in [0.2, 0.25) is 0 Å². The van der Waals surface area contributed by atoms with Gasteiger partial charge in [-0.1, -0.05) is 19.9 Å². The number of esters is 2. The minimum Gasteiger partial charge on any atom is -0.504 e. The van der Waals surface area contributed by atoms with E-state index < -0.39 is 41.2 Å². The molecule has 1 spiro atoms. The van der Waals surface area contributed by atoms with Gasteiger partial charge in [0.1, 0.15) is 11.8 Å². The van der Waals surface area contributed by atoms with Crippen LogP contribution in [0.15, 0.2) is 24.0 Å². The molecule has 9 heteroatoms. The lowest BCUT2D eigenvalue weighted by Crippen LogP contribution is -2.74. The number of rotatable bonds is 6. The van der Waals surface area contributed by atoms with E-state index in [2.05, 4.69) is 4.90 Å². The number of hydrogen-bond acceptors (Lipinski definition) is 9. The molecular weight excluding hydrogens is 452 g/mol. The van der Waals surface area contributed by atoms with E-state index in [1.807, 2.05) is 27.0 Å². The molecule has 0 unspecified atom stereocenters. The van der Waals surface area contributed by atoms with E-state index in [0.717, 1.165) is 17.7 Å². The van der Waals surface area contributed by atoms with Crippen LogP contribution < -0.4 is 10.5 Å². The van der Waals surface area contributed by atoms with Crippen LogP contribution in [0.5, 0.6) is 11.5 Å². The molecule has 0 saturated carbocycles. The van der Waals surface area contributed by atoms with Gasteiger partial charge in [-0.2, -0.15) is 0 Å². The van der Waals surface area contributed by atoms with Gasteiger partial charge in [-0.25, -0.2) is 4.79 Å². The lowest BCUT2D eigenvalue weighted by Gasteiger charge is -2.61. The number of piperidine rings is 1. The number of phenolic OH excluding ortho intramolecular Hbond substituents is 1. The minimum atomic E-state index is -1.16. The van der Waals surface area contributed by atoms with Gasteiger partial charge in [0, 0.05) is 18.0 Å². The van der Waals surface area contributed by atoms with E-state index in [-0.39, 0.29) is 29.9 Å². The highest BCUT2D eigenvalue weighted by Gasteiger charge is 2.72. The van der Waals surface area contributed by atoms with Gasteiger partial charge in [0.15, 0.2) is 23.7 Å². The molecule has 2 aliphatic carbocycles. The zero-order valence-electron chi connectivity index (χ0n) is 20.6. The molecule has 4 N–H and O–H groups in total. The van der Waals surface area contributed by atoms with Crippen LogP contribution in [0.4, 0.5) is 0 Å². The summed E-state index contributed by atoms with van der Waals surface area (Å²) in [6.07, 6.45) is 1.68. The first kappa shape index (κ1) is 24.1. The molecule has 1 fully saturated rings. The molecule has 2 heterocycles. The Morgan fingerprint density at radius 1 is 1.29 bits per heavy atom. The Morgan fingerprint density at radius 2 is 2.03 bits per heavy atom. The number of aliphatic hydroxyl groups is 1. The fourth-order valence-electron chi connectivity index (χ4n) is 6.55. The van der Waals surface area contributed by atoms with Gasteiger partial charge in [0.2, 0.25) is 0 Å². The molecule has 4 aliphatic rings. The van der Waals surface area contributed by atoms with Crippen LogP contribution in [0.25, 0.3) is 0 Å². The topological polar surface area (TPSA) is 132 Å². The van der Waals surface area contributed by atoms with Crippen molar-refractivity contribution in [3.63, 3.8) is 0 Å². The average Bonchev–Trinajstić information content (AvgIpc) is 3.15. The Balaban J connectivity index is 1.43. The van der Waals surface area contributed by atoms with Crippen molar-refractivity contribution in [2.45, 2.75) is 81.8 Å². The Bertz CT molecular complexity index is 1100. The first-order valence-corrected chi connectivity index (χ1v) is 12.3. The number of phenols is 1. The first-order chi connectivity index (χ1) is 16.5. The Kier molecular flexibility index (Phi) is 5.65. The maximum Gasteiger partial charge on any atom is 0.352 e. The summed E-state index contributed by atoms with van der Waals surface area (Å²) in [7, 11) is 2.01. The van der Waals surface area contributed by atoms with Crippen molar-refractivity contribution >= 4 is 11.9 Å². The lowest BCUT2D eigenvalue weighted by molar-refractivity contribution is -0.175. The van der Waals surface area contributed by atoms with E-state index in [1.54, 1.807) is 12.1 Å². The number of carbonyl (C=O) groups excluding carboxylic acids is 2. The van der Waals surface area contributed by atoms with E-state index >= 15 is 0 Å². The maximum atomic E-state index is 12.9. The van der Waals surface area contributed by atoms with Gasteiger partial charge in [-0.15, -0.1) is 0 Å². The number of ether oxygens (including phenoxy) is 3. The largest absolute Gasteiger partial charge is 0.504 e. The van der Waals surface area contributed by atoms with Crippen molar-refractivity contribution in [1.29, 1.82) is 0 Å². The summed E-state index contributed by atoms with van der Waals surface area (Å²) in [5.41, 5.74) is 5.73. The van der Waals surface area contributed by atoms with Crippen LogP contribution in [0.1, 0.15) is 51.2 Å².